The Kier molecular flexibility index (Phi) is 5.28. The summed E-state index contributed by atoms with van der Waals surface area (Å²) in [5.41, 5.74) is 4.02. The Labute approximate surface area is 130 Å². The van der Waals surface area contributed by atoms with Crippen LogP contribution in [0.2, 0.25) is 0 Å². The lowest BCUT2D eigenvalue weighted by Gasteiger charge is -2.15. The number of carbonyl (C=O) groups is 1. The molecular formula is C18H22FN2O+. The van der Waals surface area contributed by atoms with Gasteiger partial charge in [-0.05, 0) is 37.1 Å². The summed E-state index contributed by atoms with van der Waals surface area (Å²) >= 11 is 0. The molecule has 1 unspecified atom stereocenters. The van der Waals surface area contributed by atoms with Crippen molar-refractivity contribution in [3.05, 3.63) is 65.0 Å². The van der Waals surface area contributed by atoms with Crippen molar-refractivity contribution in [1.82, 2.24) is 0 Å². The highest BCUT2D eigenvalue weighted by Crippen LogP contribution is 2.18. The van der Waals surface area contributed by atoms with Gasteiger partial charge < -0.3 is 10.2 Å². The molecule has 1 atom stereocenters. The number of aryl methyl sites for hydroxylation is 2. The topological polar surface area (TPSA) is 33.5 Å². The number of nitrogens with one attached hydrogen (secondary N) is 2. The summed E-state index contributed by atoms with van der Waals surface area (Å²) < 4.78 is 12.9. The maximum atomic E-state index is 12.9. The highest BCUT2D eigenvalue weighted by molar-refractivity contribution is 5.93. The van der Waals surface area contributed by atoms with Crippen LogP contribution in [0, 0.1) is 19.7 Å². The molecule has 2 rings (SSSR count). The molecule has 0 heterocycles. The number of hydrogen-bond acceptors (Lipinski definition) is 1. The predicted molar refractivity (Wildman–Crippen MR) is 86.4 cm³/mol. The lowest BCUT2D eigenvalue weighted by molar-refractivity contribution is -0.885. The average molecular weight is 301 g/mol. The molecule has 2 aromatic carbocycles. The first-order valence-corrected chi connectivity index (χ1v) is 7.37. The molecule has 0 radical (unpaired) electrons. The summed E-state index contributed by atoms with van der Waals surface area (Å²) in [5, 5.41) is 2.98. The van der Waals surface area contributed by atoms with E-state index in [0.29, 0.717) is 13.1 Å². The van der Waals surface area contributed by atoms with E-state index in [1.165, 1.54) is 12.1 Å². The molecule has 0 saturated carbocycles. The van der Waals surface area contributed by atoms with E-state index in [4.69, 9.17) is 0 Å². The zero-order valence-corrected chi connectivity index (χ0v) is 13.2. The van der Waals surface area contributed by atoms with E-state index in [2.05, 4.69) is 5.32 Å². The smallest absolute Gasteiger partial charge is 0.279 e. The minimum absolute atomic E-state index is 0.0167. The molecule has 0 aliphatic carbocycles. The number of para-hydroxylation sites is 1. The third-order valence-electron chi connectivity index (χ3n) is 3.63. The monoisotopic (exact) mass is 301 g/mol. The van der Waals surface area contributed by atoms with E-state index in [0.717, 1.165) is 27.3 Å². The Morgan fingerprint density at radius 3 is 2.27 bits per heavy atom. The Bertz CT molecular complexity index is 632. The van der Waals surface area contributed by atoms with Gasteiger partial charge in [-0.25, -0.2) is 4.39 Å². The summed E-state index contributed by atoms with van der Waals surface area (Å²) in [6, 6.07) is 12.3. The molecule has 0 aromatic heterocycles. The van der Waals surface area contributed by atoms with Crippen LogP contribution in [0.1, 0.15) is 16.7 Å². The molecule has 2 aromatic rings. The van der Waals surface area contributed by atoms with Crippen molar-refractivity contribution in [2.24, 2.45) is 0 Å². The van der Waals surface area contributed by atoms with Crippen LogP contribution in [0.5, 0.6) is 0 Å². The van der Waals surface area contributed by atoms with Gasteiger partial charge in [-0.15, -0.1) is 0 Å². The van der Waals surface area contributed by atoms with E-state index < -0.39 is 0 Å². The molecular weight excluding hydrogens is 279 g/mol. The first-order chi connectivity index (χ1) is 10.5. The first kappa shape index (κ1) is 16.2. The van der Waals surface area contributed by atoms with Crippen molar-refractivity contribution in [2.75, 3.05) is 18.9 Å². The van der Waals surface area contributed by atoms with Gasteiger partial charge >= 0.3 is 0 Å². The Hall–Kier alpha value is -2.20. The Morgan fingerprint density at radius 1 is 1.09 bits per heavy atom. The normalized spacial score (nSPS) is 12.0. The summed E-state index contributed by atoms with van der Waals surface area (Å²) in [6.07, 6.45) is 0. The van der Waals surface area contributed by atoms with E-state index in [1.54, 1.807) is 12.1 Å². The Morgan fingerprint density at radius 2 is 1.68 bits per heavy atom. The second-order valence-corrected chi connectivity index (χ2v) is 5.75. The fourth-order valence-electron chi connectivity index (χ4n) is 2.48. The van der Waals surface area contributed by atoms with E-state index in [9.17, 15) is 9.18 Å². The Balaban J connectivity index is 1.92. The average Bonchev–Trinajstić information content (AvgIpc) is 2.45. The number of quaternary nitrogens is 1. The van der Waals surface area contributed by atoms with Gasteiger partial charge in [0.2, 0.25) is 0 Å². The first-order valence-electron chi connectivity index (χ1n) is 7.37. The maximum Gasteiger partial charge on any atom is 0.279 e. The van der Waals surface area contributed by atoms with Crippen LogP contribution in [0.3, 0.4) is 0 Å². The highest BCUT2D eigenvalue weighted by atomic mass is 19.1. The molecule has 4 heteroatoms. The highest BCUT2D eigenvalue weighted by Gasteiger charge is 2.13. The van der Waals surface area contributed by atoms with Crippen molar-refractivity contribution in [3.63, 3.8) is 0 Å². The lowest BCUT2D eigenvalue weighted by Crippen LogP contribution is -3.08. The third-order valence-corrected chi connectivity index (χ3v) is 3.63. The number of rotatable bonds is 5. The van der Waals surface area contributed by atoms with Gasteiger partial charge in [0.25, 0.3) is 5.91 Å². The largest absolute Gasteiger partial charge is 0.326 e. The molecule has 116 valence electrons. The van der Waals surface area contributed by atoms with Crippen molar-refractivity contribution >= 4 is 11.6 Å². The van der Waals surface area contributed by atoms with E-state index >= 15 is 0 Å². The summed E-state index contributed by atoms with van der Waals surface area (Å²) in [4.78, 5) is 13.2. The summed E-state index contributed by atoms with van der Waals surface area (Å²) in [6.45, 7) is 5.01. The van der Waals surface area contributed by atoms with Gasteiger partial charge in [-0.1, -0.05) is 30.3 Å². The van der Waals surface area contributed by atoms with Crippen LogP contribution < -0.4 is 10.2 Å². The van der Waals surface area contributed by atoms with Crippen LogP contribution in [0.25, 0.3) is 0 Å². The second-order valence-electron chi connectivity index (χ2n) is 5.75. The number of likely N-dealkylation sites (N-methyl/N-ethyl adjacent to an activating group) is 1. The number of benzene rings is 2. The molecule has 2 N–H and O–H groups in total. The number of carbonyl (C=O) groups excluding carboxylic acids is 1. The number of anilines is 1. The summed E-state index contributed by atoms with van der Waals surface area (Å²) in [7, 11) is 1.95. The maximum absolute atomic E-state index is 12.9. The van der Waals surface area contributed by atoms with Crippen LogP contribution >= 0.6 is 0 Å². The molecule has 0 aliphatic heterocycles. The fourth-order valence-corrected chi connectivity index (χ4v) is 2.48. The molecule has 0 fully saturated rings. The standard InChI is InChI=1S/C18H21FN2O/c1-13-5-4-6-14(2)18(13)20-17(22)12-21(3)11-15-7-9-16(19)10-8-15/h4-10H,11-12H2,1-3H3,(H,20,22)/p+1. The van der Waals surface area contributed by atoms with Crippen molar-refractivity contribution in [3.8, 4) is 0 Å². The van der Waals surface area contributed by atoms with E-state index in [-0.39, 0.29) is 11.7 Å². The van der Waals surface area contributed by atoms with Gasteiger partial charge in [0.15, 0.2) is 6.54 Å². The number of amides is 1. The molecule has 22 heavy (non-hydrogen) atoms. The molecule has 0 bridgehead atoms. The third kappa shape index (κ3) is 4.40. The second kappa shape index (κ2) is 7.18. The predicted octanol–water partition coefficient (Wildman–Crippen LogP) is 2.10. The van der Waals surface area contributed by atoms with Crippen LogP contribution in [0.15, 0.2) is 42.5 Å². The van der Waals surface area contributed by atoms with Gasteiger partial charge in [-0.2, -0.15) is 0 Å². The molecule has 3 nitrogen and oxygen atoms in total. The van der Waals surface area contributed by atoms with Gasteiger partial charge in [0, 0.05) is 11.3 Å². The molecule has 0 spiro atoms. The van der Waals surface area contributed by atoms with Gasteiger partial charge in [-0.3, -0.25) is 4.79 Å². The fraction of sp³-hybridized carbons (Fsp3) is 0.278. The van der Waals surface area contributed by atoms with E-state index in [1.807, 2.05) is 39.1 Å². The van der Waals surface area contributed by atoms with Crippen LogP contribution in [-0.4, -0.2) is 19.5 Å². The minimum atomic E-state index is -0.242. The SMILES string of the molecule is Cc1cccc(C)c1NC(=O)C[NH+](C)Cc1ccc(F)cc1. The molecule has 0 saturated heterocycles. The minimum Gasteiger partial charge on any atom is -0.326 e. The van der Waals surface area contributed by atoms with Crippen LogP contribution in [-0.2, 0) is 11.3 Å². The quantitative estimate of drug-likeness (QED) is 0.871. The van der Waals surface area contributed by atoms with Crippen molar-refractivity contribution < 1.29 is 14.1 Å². The van der Waals surface area contributed by atoms with Gasteiger partial charge in [0.1, 0.15) is 12.4 Å². The number of halogens is 1. The lowest BCUT2D eigenvalue weighted by atomic mass is 10.1. The molecule has 0 aliphatic rings. The zero-order chi connectivity index (χ0) is 16.1. The number of hydrogen-bond donors (Lipinski definition) is 2. The zero-order valence-electron chi connectivity index (χ0n) is 13.2. The van der Waals surface area contributed by atoms with Crippen LogP contribution in [0.4, 0.5) is 10.1 Å². The van der Waals surface area contributed by atoms with Gasteiger partial charge in [0.05, 0.1) is 7.05 Å². The van der Waals surface area contributed by atoms with Crippen molar-refractivity contribution in [2.45, 2.75) is 20.4 Å². The van der Waals surface area contributed by atoms with Crippen molar-refractivity contribution in [1.29, 1.82) is 0 Å². The molecule has 1 amide bonds. The summed E-state index contributed by atoms with van der Waals surface area (Å²) in [5.74, 6) is -0.258.